The Kier molecular flexibility index (Phi) is 4.56. The molecule has 1 rings (SSSR count). The van der Waals surface area contributed by atoms with Crippen molar-refractivity contribution in [3.05, 3.63) is 29.3 Å². The van der Waals surface area contributed by atoms with Crippen molar-refractivity contribution in [2.45, 2.75) is 19.9 Å². The third kappa shape index (κ3) is 3.51. The fraction of sp³-hybridized carbons (Fsp3) is 0.308. The van der Waals surface area contributed by atoms with Gasteiger partial charge in [0.05, 0.1) is 6.61 Å². The number of anilines is 1. The van der Waals surface area contributed by atoms with E-state index < -0.39 is 12.1 Å². The maximum atomic E-state index is 11.6. The molecule has 0 heterocycles. The van der Waals surface area contributed by atoms with Crippen LogP contribution in [0.4, 0.5) is 10.5 Å². The zero-order valence-electron chi connectivity index (χ0n) is 9.95. The van der Waals surface area contributed by atoms with Crippen LogP contribution in [0.25, 0.3) is 0 Å². The van der Waals surface area contributed by atoms with Gasteiger partial charge >= 0.3 is 6.03 Å². The highest BCUT2D eigenvalue weighted by Crippen LogP contribution is 2.18. The Morgan fingerprint density at radius 3 is 2.53 bits per heavy atom. The predicted octanol–water partition coefficient (Wildman–Crippen LogP) is 1.42. The Morgan fingerprint density at radius 2 is 2.06 bits per heavy atom. The number of carbonyl (C=O) groups is 1. The minimum absolute atomic E-state index is 0.281. The van der Waals surface area contributed by atoms with Crippen molar-refractivity contribution in [3.63, 3.8) is 0 Å². The van der Waals surface area contributed by atoms with E-state index in [0.29, 0.717) is 0 Å². The van der Waals surface area contributed by atoms with E-state index in [4.69, 9.17) is 11.5 Å². The number of nitrogens with one attached hydrogen (secondary N) is 2. The molecule has 2 amide bonds. The summed E-state index contributed by atoms with van der Waals surface area (Å²) in [6, 6.07) is 4.66. The van der Waals surface area contributed by atoms with Gasteiger partial charge in [-0.15, -0.1) is 6.42 Å². The number of benzene rings is 1. The van der Waals surface area contributed by atoms with E-state index in [1.165, 1.54) is 0 Å². The molecular weight excluding hydrogens is 216 g/mol. The first-order valence-electron chi connectivity index (χ1n) is 5.29. The summed E-state index contributed by atoms with van der Waals surface area (Å²) in [5.41, 5.74) is 2.71. The van der Waals surface area contributed by atoms with Gasteiger partial charge in [0, 0.05) is 5.69 Å². The van der Waals surface area contributed by atoms with E-state index in [-0.39, 0.29) is 6.61 Å². The van der Waals surface area contributed by atoms with E-state index in [9.17, 15) is 4.79 Å². The Labute approximate surface area is 101 Å². The van der Waals surface area contributed by atoms with Gasteiger partial charge < -0.3 is 15.7 Å². The first kappa shape index (κ1) is 13.1. The number of rotatable bonds is 3. The molecule has 0 saturated heterocycles. The summed E-state index contributed by atoms with van der Waals surface area (Å²) < 4.78 is 0. The molecule has 1 aromatic carbocycles. The smallest absolute Gasteiger partial charge is 0.320 e. The molecular formula is C13H16N2O2. The maximum Gasteiger partial charge on any atom is 0.320 e. The number of hydrogen-bond donors (Lipinski definition) is 3. The van der Waals surface area contributed by atoms with Crippen LogP contribution in [0.1, 0.15) is 11.1 Å². The number of aryl methyl sites for hydroxylation is 2. The zero-order valence-corrected chi connectivity index (χ0v) is 9.95. The van der Waals surface area contributed by atoms with Crippen molar-refractivity contribution in [1.82, 2.24) is 5.32 Å². The van der Waals surface area contributed by atoms with Crippen molar-refractivity contribution >= 4 is 11.7 Å². The lowest BCUT2D eigenvalue weighted by Crippen LogP contribution is -2.39. The molecule has 4 nitrogen and oxygen atoms in total. The first-order valence-corrected chi connectivity index (χ1v) is 5.29. The molecule has 0 aliphatic carbocycles. The summed E-state index contributed by atoms with van der Waals surface area (Å²) >= 11 is 0. The molecule has 1 atom stereocenters. The third-order valence-electron chi connectivity index (χ3n) is 2.41. The van der Waals surface area contributed by atoms with Crippen LogP contribution >= 0.6 is 0 Å². The molecule has 0 radical (unpaired) electrons. The average molecular weight is 232 g/mol. The predicted molar refractivity (Wildman–Crippen MR) is 67.8 cm³/mol. The molecule has 17 heavy (non-hydrogen) atoms. The van der Waals surface area contributed by atoms with Gasteiger partial charge in [0.2, 0.25) is 0 Å². The number of para-hydroxylation sites is 1. The van der Waals surface area contributed by atoms with Crippen LogP contribution in [0.3, 0.4) is 0 Å². The van der Waals surface area contributed by atoms with Crippen molar-refractivity contribution < 1.29 is 9.90 Å². The van der Waals surface area contributed by atoms with E-state index in [2.05, 4.69) is 16.6 Å². The number of urea groups is 1. The minimum Gasteiger partial charge on any atom is -0.393 e. The highest BCUT2D eigenvalue weighted by Gasteiger charge is 2.10. The van der Waals surface area contributed by atoms with Crippen molar-refractivity contribution in [1.29, 1.82) is 0 Å². The molecule has 1 aromatic rings. The molecule has 0 unspecified atom stereocenters. The highest BCUT2D eigenvalue weighted by atomic mass is 16.3. The fourth-order valence-corrected chi connectivity index (χ4v) is 1.46. The Morgan fingerprint density at radius 1 is 1.47 bits per heavy atom. The Balaban J connectivity index is 2.72. The molecule has 0 bridgehead atoms. The van der Waals surface area contributed by atoms with Gasteiger partial charge in [0.15, 0.2) is 0 Å². The van der Waals surface area contributed by atoms with E-state index in [1.54, 1.807) is 0 Å². The monoisotopic (exact) mass is 232 g/mol. The van der Waals surface area contributed by atoms with Crippen molar-refractivity contribution in [2.75, 3.05) is 11.9 Å². The third-order valence-corrected chi connectivity index (χ3v) is 2.41. The summed E-state index contributed by atoms with van der Waals surface area (Å²) in [4.78, 5) is 11.6. The second-order valence-electron chi connectivity index (χ2n) is 3.77. The number of aliphatic hydroxyl groups excluding tert-OH is 1. The summed E-state index contributed by atoms with van der Waals surface area (Å²) in [5, 5.41) is 14.1. The molecule has 3 N–H and O–H groups in total. The van der Waals surface area contributed by atoms with Crippen LogP contribution in [-0.4, -0.2) is 23.8 Å². The number of aliphatic hydroxyl groups is 1. The van der Waals surface area contributed by atoms with Crippen LogP contribution in [0, 0.1) is 26.2 Å². The second-order valence-corrected chi connectivity index (χ2v) is 3.77. The Hall–Kier alpha value is -1.99. The molecule has 0 spiro atoms. The van der Waals surface area contributed by atoms with Crippen LogP contribution in [-0.2, 0) is 0 Å². The van der Waals surface area contributed by atoms with Crippen LogP contribution in [0.5, 0.6) is 0 Å². The summed E-state index contributed by atoms with van der Waals surface area (Å²) in [5.74, 6) is 2.28. The normalized spacial score (nSPS) is 11.4. The topological polar surface area (TPSA) is 61.4 Å². The van der Waals surface area contributed by atoms with Gasteiger partial charge in [-0.1, -0.05) is 24.1 Å². The highest BCUT2D eigenvalue weighted by molar-refractivity contribution is 5.91. The van der Waals surface area contributed by atoms with Crippen molar-refractivity contribution in [2.24, 2.45) is 0 Å². The molecule has 0 aliphatic heterocycles. The van der Waals surface area contributed by atoms with Gasteiger partial charge in [-0.3, -0.25) is 0 Å². The second kappa shape index (κ2) is 5.92. The quantitative estimate of drug-likeness (QED) is 0.690. The Bertz CT molecular complexity index is 429. The van der Waals surface area contributed by atoms with Crippen molar-refractivity contribution in [3.8, 4) is 12.3 Å². The fourth-order valence-electron chi connectivity index (χ4n) is 1.46. The molecule has 0 saturated carbocycles. The molecule has 0 aromatic heterocycles. The first-order chi connectivity index (χ1) is 8.08. The zero-order chi connectivity index (χ0) is 12.8. The molecule has 0 aliphatic rings. The largest absolute Gasteiger partial charge is 0.393 e. The van der Waals surface area contributed by atoms with E-state index in [1.807, 2.05) is 32.0 Å². The summed E-state index contributed by atoms with van der Waals surface area (Å²) in [6.07, 6.45) is 5.13. The average Bonchev–Trinajstić information content (AvgIpc) is 2.31. The number of amides is 2. The lowest BCUT2D eigenvalue weighted by atomic mass is 10.1. The van der Waals surface area contributed by atoms with Crippen LogP contribution in [0.15, 0.2) is 18.2 Å². The summed E-state index contributed by atoms with van der Waals surface area (Å²) in [7, 11) is 0. The van der Waals surface area contributed by atoms with Crippen LogP contribution < -0.4 is 10.6 Å². The van der Waals surface area contributed by atoms with E-state index in [0.717, 1.165) is 16.8 Å². The standard InChI is InChI=1S/C13H16N2O2/c1-4-11(8-16)14-13(17)15-12-9(2)6-5-7-10(12)3/h1,5-7,11,16H,8H2,2-3H3,(H2,14,15,17)/t11-/m1/s1. The number of hydrogen-bond acceptors (Lipinski definition) is 2. The van der Waals surface area contributed by atoms with Gasteiger partial charge in [-0.25, -0.2) is 4.79 Å². The lowest BCUT2D eigenvalue weighted by Gasteiger charge is -2.14. The SMILES string of the molecule is C#C[C@H](CO)NC(=O)Nc1c(C)cccc1C. The van der Waals surface area contributed by atoms with Gasteiger partial charge in [-0.2, -0.15) is 0 Å². The molecule has 0 fully saturated rings. The number of carbonyl (C=O) groups excluding carboxylic acids is 1. The van der Waals surface area contributed by atoms with E-state index >= 15 is 0 Å². The summed E-state index contributed by atoms with van der Waals surface area (Å²) in [6.45, 7) is 3.54. The molecule has 90 valence electrons. The van der Waals surface area contributed by atoms with Crippen LogP contribution in [0.2, 0.25) is 0 Å². The van der Waals surface area contributed by atoms with Gasteiger partial charge in [-0.05, 0) is 25.0 Å². The minimum atomic E-state index is -0.667. The van der Waals surface area contributed by atoms with Gasteiger partial charge in [0.1, 0.15) is 6.04 Å². The molecule has 4 heteroatoms. The van der Waals surface area contributed by atoms with Gasteiger partial charge in [0.25, 0.3) is 0 Å². The maximum absolute atomic E-state index is 11.6. The lowest BCUT2D eigenvalue weighted by molar-refractivity contribution is 0.237. The number of terminal acetylenes is 1.